The fourth-order valence-electron chi connectivity index (χ4n) is 3.21. The molecular weight excluding hydrogens is 348 g/mol. The summed E-state index contributed by atoms with van der Waals surface area (Å²) >= 11 is 5.97. The molecule has 0 amide bonds. The van der Waals surface area contributed by atoms with Crippen molar-refractivity contribution >= 4 is 17.3 Å². The van der Waals surface area contributed by atoms with E-state index < -0.39 is 0 Å². The van der Waals surface area contributed by atoms with Crippen LogP contribution >= 0.6 is 11.6 Å². The Morgan fingerprint density at radius 3 is 2.54 bits per heavy atom. The normalized spacial score (nSPS) is 15.8. The Morgan fingerprint density at radius 2 is 1.88 bits per heavy atom. The van der Waals surface area contributed by atoms with Gasteiger partial charge in [-0.05, 0) is 49.7 Å². The number of anilines is 1. The van der Waals surface area contributed by atoms with Crippen molar-refractivity contribution in [1.29, 1.82) is 0 Å². The number of nitrogens with zero attached hydrogens (tertiary/aromatic N) is 3. The monoisotopic (exact) mass is 376 g/mol. The Kier molecular flexibility index (Phi) is 6.94. The molecule has 0 spiro atoms. The van der Waals surface area contributed by atoms with Crippen LogP contribution in [0.2, 0.25) is 5.02 Å². The molecule has 142 valence electrons. The molecule has 0 saturated carbocycles. The van der Waals surface area contributed by atoms with Gasteiger partial charge < -0.3 is 14.7 Å². The van der Waals surface area contributed by atoms with Crippen LogP contribution in [0.25, 0.3) is 0 Å². The van der Waals surface area contributed by atoms with E-state index in [0.29, 0.717) is 5.92 Å². The summed E-state index contributed by atoms with van der Waals surface area (Å²) in [5, 5.41) is 8.34. The largest absolute Gasteiger partial charge is 0.369 e. The van der Waals surface area contributed by atoms with Crippen molar-refractivity contribution in [2.24, 2.45) is 0 Å². The van der Waals surface area contributed by atoms with E-state index in [2.05, 4.69) is 46.3 Å². The lowest BCUT2D eigenvalue weighted by Crippen LogP contribution is -2.46. The summed E-state index contributed by atoms with van der Waals surface area (Å²) in [5.41, 5.74) is 2.30. The van der Waals surface area contributed by atoms with Crippen LogP contribution in [0.1, 0.15) is 37.6 Å². The Balaban J connectivity index is 1.29. The third-order valence-electron chi connectivity index (χ3n) is 4.86. The number of halogens is 1. The number of hydrogen-bond acceptors (Lipinski definition) is 5. The van der Waals surface area contributed by atoms with Gasteiger partial charge in [0.05, 0.1) is 12.2 Å². The predicted molar refractivity (Wildman–Crippen MR) is 107 cm³/mol. The van der Waals surface area contributed by atoms with Crippen molar-refractivity contribution in [2.45, 2.75) is 32.7 Å². The lowest BCUT2D eigenvalue weighted by Gasteiger charge is -2.36. The van der Waals surface area contributed by atoms with Crippen LogP contribution in [0.5, 0.6) is 0 Å². The molecule has 1 N–H and O–H groups in total. The molecule has 3 rings (SSSR count). The first-order chi connectivity index (χ1) is 12.6. The van der Waals surface area contributed by atoms with Gasteiger partial charge in [-0.25, -0.2) is 0 Å². The van der Waals surface area contributed by atoms with Gasteiger partial charge in [-0.1, -0.05) is 30.6 Å². The summed E-state index contributed by atoms with van der Waals surface area (Å²) in [4.78, 5) is 4.97. The van der Waals surface area contributed by atoms with Gasteiger partial charge in [0.2, 0.25) is 0 Å². The maximum absolute atomic E-state index is 5.97. The van der Waals surface area contributed by atoms with Crippen LogP contribution < -0.4 is 10.2 Å². The fourth-order valence-corrected chi connectivity index (χ4v) is 3.33. The third kappa shape index (κ3) is 5.47. The Labute approximate surface area is 161 Å². The van der Waals surface area contributed by atoms with Crippen molar-refractivity contribution in [2.75, 3.05) is 44.2 Å². The van der Waals surface area contributed by atoms with Crippen LogP contribution in [-0.4, -0.2) is 49.3 Å². The number of nitrogens with one attached hydrogen (secondary N) is 1. The van der Waals surface area contributed by atoms with Gasteiger partial charge in [0.15, 0.2) is 5.76 Å². The van der Waals surface area contributed by atoms with Crippen molar-refractivity contribution in [3.8, 4) is 0 Å². The molecule has 0 aliphatic carbocycles. The summed E-state index contributed by atoms with van der Waals surface area (Å²) in [7, 11) is 0. The van der Waals surface area contributed by atoms with E-state index in [1.165, 1.54) is 5.69 Å². The standard InChI is InChI=1S/C20H29ClN4O/c1-16(2)20-14-19(26-23-20)15-22-8-3-9-24-10-12-25(13-11-24)18-6-4-17(21)5-7-18/h4-7,14,16,22H,3,8-13,15H2,1-2H3. The Bertz CT molecular complexity index is 663. The summed E-state index contributed by atoms with van der Waals surface area (Å²) in [6, 6.07) is 10.2. The predicted octanol–water partition coefficient (Wildman–Crippen LogP) is 3.75. The van der Waals surface area contributed by atoms with Gasteiger partial charge in [0, 0.05) is 43.0 Å². The number of aromatic nitrogens is 1. The molecule has 26 heavy (non-hydrogen) atoms. The van der Waals surface area contributed by atoms with Gasteiger partial charge in [0.25, 0.3) is 0 Å². The molecule has 0 atom stereocenters. The molecular formula is C20H29ClN4O. The molecule has 2 heterocycles. The van der Waals surface area contributed by atoms with Crippen molar-refractivity contribution in [3.63, 3.8) is 0 Å². The first kappa shape index (κ1) is 19.2. The second-order valence-electron chi connectivity index (χ2n) is 7.21. The van der Waals surface area contributed by atoms with Crippen LogP contribution in [0.15, 0.2) is 34.9 Å². The number of benzene rings is 1. The lowest BCUT2D eigenvalue weighted by molar-refractivity contribution is 0.253. The number of hydrogen-bond donors (Lipinski definition) is 1. The van der Waals surface area contributed by atoms with Gasteiger partial charge in [-0.3, -0.25) is 4.90 Å². The summed E-state index contributed by atoms with van der Waals surface area (Å²) < 4.78 is 5.35. The average molecular weight is 377 g/mol. The Hall–Kier alpha value is -1.56. The molecule has 2 aromatic rings. The molecule has 1 aliphatic heterocycles. The van der Waals surface area contributed by atoms with E-state index in [0.717, 1.165) is 68.7 Å². The molecule has 1 aliphatic rings. The second kappa shape index (κ2) is 9.40. The minimum Gasteiger partial charge on any atom is -0.369 e. The number of rotatable bonds is 8. The molecule has 5 nitrogen and oxygen atoms in total. The minimum absolute atomic E-state index is 0.416. The zero-order valence-corrected chi connectivity index (χ0v) is 16.5. The number of piperazine rings is 1. The van der Waals surface area contributed by atoms with E-state index >= 15 is 0 Å². The minimum atomic E-state index is 0.416. The van der Waals surface area contributed by atoms with Crippen LogP contribution in [0, 0.1) is 0 Å². The van der Waals surface area contributed by atoms with Crippen LogP contribution in [0.4, 0.5) is 5.69 Å². The van der Waals surface area contributed by atoms with E-state index in [9.17, 15) is 0 Å². The van der Waals surface area contributed by atoms with Crippen LogP contribution in [-0.2, 0) is 6.54 Å². The quantitative estimate of drug-likeness (QED) is 0.711. The lowest BCUT2D eigenvalue weighted by atomic mass is 10.1. The van der Waals surface area contributed by atoms with Crippen molar-refractivity contribution in [3.05, 3.63) is 46.8 Å². The van der Waals surface area contributed by atoms with Gasteiger partial charge in [-0.15, -0.1) is 0 Å². The highest BCUT2D eigenvalue weighted by Gasteiger charge is 2.16. The third-order valence-corrected chi connectivity index (χ3v) is 5.11. The molecule has 1 aromatic heterocycles. The van der Waals surface area contributed by atoms with Crippen LogP contribution in [0.3, 0.4) is 0 Å². The topological polar surface area (TPSA) is 44.5 Å². The molecule has 1 saturated heterocycles. The van der Waals surface area contributed by atoms with Gasteiger partial charge in [-0.2, -0.15) is 0 Å². The average Bonchev–Trinajstić information content (AvgIpc) is 3.12. The van der Waals surface area contributed by atoms with Gasteiger partial charge >= 0.3 is 0 Å². The van der Waals surface area contributed by atoms with Gasteiger partial charge in [0.1, 0.15) is 0 Å². The van der Waals surface area contributed by atoms with Crippen molar-refractivity contribution in [1.82, 2.24) is 15.4 Å². The van der Waals surface area contributed by atoms with E-state index in [1.807, 2.05) is 18.2 Å². The molecule has 0 unspecified atom stereocenters. The molecule has 1 aromatic carbocycles. The van der Waals surface area contributed by atoms with Crippen molar-refractivity contribution < 1.29 is 4.52 Å². The first-order valence-corrected chi connectivity index (χ1v) is 9.88. The molecule has 0 radical (unpaired) electrons. The van der Waals surface area contributed by atoms with E-state index in [4.69, 9.17) is 16.1 Å². The Morgan fingerprint density at radius 1 is 1.15 bits per heavy atom. The molecule has 6 heteroatoms. The highest BCUT2D eigenvalue weighted by molar-refractivity contribution is 6.30. The molecule has 1 fully saturated rings. The zero-order valence-electron chi connectivity index (χ0n) is 15.7. The highest BCUT2D eigenvalue weighted by atomic mass is 35.5. The zero-order chi connectivity index (χ0) is 18.4. The highest BCUT2D eigenvalue weighted by Crippen LogP contribution is 2.19. The van der Waals surface area contributed by atoms with E-state index in [1.54, 1.807) is 0 Å². The first-order valence-electron chi connectivity index (χ1n) is 9.51. The summed E-state index contributed by atoms with van der Waals surface area (Å²) in [6.45, 7) is 11.5. The fraction of sp³-hybridized carbons (Fsp3) is 0.550. The summed E-state index contributed by atoms with van der Waals surface area (Å²) in [6.07, 6.45) is 1.14. The van der Waals surface area contributed by atoms with E-state index in [-0.39, 0.29) is 0 Å². The SMILES string of the molecule is CC(C)c1cc(CNCCCN2CCN(c3ccc(Cl)cc3)CC2)on1. The molecule has 0 bridgehead atoms. The maximum Gasteiger partial charge on any atom is 0.150 e. The second-order valence-corrected chi connectivity index (χ2v) is 7.64. The maximum atomic E-state index is 5.97. The summed E-state index contributed by atoms with van der Waals surface area (Å²) in [5.74, 6) is 1.34. The smallest absolute Gasteiger partial charge is 0.150 e.